The van der Waals surface area contributed by atoms with E-state index >= 15 is 0 Å². The van der Waals surface area contributed by atoms with Gasteiger partial charge in [0.15, 0.2) is 6.10 Å². The fourth-order valence-corrected chi connectivity index (χ4v) is 5.28. The van der Waals surface area contributed by atoms with Crippen molar-refractivity contribution < 1.29 is 89.8 Å². The number of methoxy groups -OCH3 is 1. The minimum atomic E-state index is -5.72. The zero-order valence-electron chi connectivity index (χ0n) is 17.2. The van der Waals surface area contributed by atoms with Crippen LogP contribution in [0.3, 0.4) is 0 Å². The van der Waals surface area contributed by atoms with E-state index in [1.165, 1.54) is 6.92 Å². The van der Waals surface area contributed by atoms with Crippen LogP contribution in [0.5, 0.6) is 0 Å². The molecule has 0 aromatic rings. The summed E-state index contributed by atoms with van der Waals surface area (Å²) in [6, 6.07) is 0. The van der Waals surface area contributed by atoms with Crippen LogP contribution < -0.4 is 0 Å². The third kappa shape index (κ3) is 10.9. The summed E-state index contributed by atoms with van der Waals surface area (Å²) in [4.78, 5) is 86.1. The summed E-state index contributed by atoms with van der Waals surface area (Å²) in [7, 11) is -21.8. The summed E-state index contributed by atoms with van der Waals surface area (Å²) in [6.45, 7) is 1.53. The van der Waals surface area contributed by atoms with Crippen LogP contribution >= 0.6 is 31.3 Å². The number of ether oxygens (including phenoxy) is 2. The predicted molar refractivity (Wildman–Crippen MR) is 103 cm³/mol. The van der Waals surface area contributed by atoms with Gasteiger partial charge in [0.1, 0.15) is 30.5 Å². The second kappa shape index (κ2) is 11.9. The van der Waals surface area contributed by atoms with Gasteiger partial charge < -0.3 is 48.6 Å². The van der Waals surface area contributed by atoms with Crippen LogP contribution in [0.2, 0.25) is 0 Å². The summed E-state index contributed by atoms with van der Waals surface area (Å²) in [5.41, 5.74) is 0. The molecule has 1 aliphatic rings. The van der Waals surface area contributed by atoms with Crippen molar-refractivity contribution in [2.75, 3.05) is 7.11 Å². The van der Waals surface area contributed by atoms with Gasteiger partial charge in [-0.3, -0.25) is 22.9 Å². The molecule has 0 aromatic heterocycles. The van der Waals surface area contributed by atoms with Gasteiger partial charge in [-0.05, 0) is 6.42 Å². The highest BCUT2D eigenvalue weighted by molar-refractivity contribution is 7.47. The van der Waals surface area contributed by atoms with E-state index in [1.807, 2.05) is 0 Å². The highest BCUT2D eigenvalue weighted by Gasteiger charge is 2.61. The molecule has 1 aliphatic carbocycles. The molecule has 0 spiro atoms. The third-order valence-corrected chi connectivity index (χ3v) is 6.04. The van der Waals surface area contributed by atoms with Crippen molar-refractivity contribution >= 4 is 37.3 Å². The van der Waals surface area contributed by atoms with Gasteiger partial charge in [0.05, 0.1) is 0 Å². The molecule has 0 radical (unpaired) electrons. The van der Waals surface area contributed by atoms with Crippen LogP contribution in [0.15, 0.2) is 0 Å². The smallest absolute Gasteiger partial charge is 0.457 e. The molecule has 1 rings (SSSR count). The fourth-order valence-electron chi connectivity index (χ4n) is 3.05. The van der Waals surface area contributed by atoms with E-state index in [2.05, 4.69) is 18.1 Å². The molecule has 23 heteroatoms. The quantitative estimate of drug-likeness (QED) is 0.0969. The van der Waals surface area contributed by atoms with E-state index < -0.39 is 73.9 Å². The van der Waals surface area contributed by atoms with E-state index in [1.54, 1.807) is 0 Å². The van der Waals surface area contributed by atoms with Crippen LogP contribution in [0, 0.1) is 0 Å². The number of phosphoric ester groups is 4. The minimum absolute atomic E-state index is 0.183. The number of carbonyl (C=O) groups excluding carboxylic acids is 1. The number of hydrogen-bond donors (Lipinski definition) is 8. The number of rotatable bonds is 12. The second-order valence-electron chi connectivity index (χ2n) is 6.65. The lowest BCUT2D eigenvalue weighted by atomic mass is 9.84. The first kappa shape index (κ1) is 31.9. The molecule has 34 heavy (non-hydrogen) atoms. The average molecular weight is 584 g/mol. The average Bonchev–Trinajstić information content (AvgIpc) is 2.57. The molecule has 202 valence electrons. The molecule has 0 amide bonds. The van der Waals surface area contributed by atoms with E-state index in [9.17, 15) is 62.2 Å². The zero-order chi connectivity index (χ0) is 26.7. The first-order chi connectivity index (χ1) is 15.2. The molecular formula is C11H24O19P4. The number of carbonyl (C=O) groups is 1. The highest BCUT2D eigenvalue weighted by Crippen LogP contribution is 2.53. The topological polar surface area (TPSA) is 303 Å². The van der Waals surface area contributed by atoms with Crippen molar-refractivity contribution in [1.82, 2.24) is 0 Å². The second-order valence-corrected chi connectivity index (χ2v) is 11.4. The summed E-state index contributed by atoms with van der Waals surface area (Å²) < 4.78 is 73.7. The van der Waals surface area contributed by atoms with Gasteiger partial charge in [-0.15, -0.1) is 0 Å². The SMILES string of the molecule is CCCC(=O)O[C@@H]1[C@H](OC)[C@@H](OP(=O)(O)O)[C@H](OP(=O)(O)O)[C@@H](OP(=O)(O)O)[C@@H]1OP(=O)(O)O. The maximum Gasteiger partial charge on any atom is 0.470 e. The largest absolute Gasteiger partial charge is 0.470 e. The summed E-state index contributed by atoms with van der Waals surface area (Å²) in [5, 5.41) is 0. The fraction of sp³-hybridized carbons (Fsp3) is 0.909. The van der Waals surface area contributed by atoms with Crippen LogP contribution in [0.25, 0.3) is 0 Å². The molecule has 0 heterocycles. The van der Waals surface area contributed by atoms with Gasteiger partial charge >= 0.3 is 37.3 Å². The van der Waals surface area contributed by atoms with Crippen molar-refractivity contribution in [1.29, 1.82) is 0 Å². The first-order valence-electron chi connectivity index (χ1n) is 8.85. The molecule has 0 unspecified atom stereocenters. The zero-order valence-corrected chi connectivity index (χ0v) is 20.8. The standard InChI is InChI=1S/C11H24O19P4/c1-3-4-5(12)26-7-6(25-2)8(27-31(13,14)15)10(29-33(19,20)21)11(30-34(22,23)24)9(7)28-32(16,17)18/h6-11H,3-4H2,1-2H3,(H2,13,14,15)(H2,16,17,18)(H2,19,20,21)(H2,22,23,24)/t6-,7+,8+,9+,10-,11-/m0/s1. The molecule has 1 saturated carbocycles. The molecule has 8 N–H and O–H groups in total. The van der Waals surface area contributed by atoms with Crippen LogP contribution in [0.4, 0.5) is 0 Å². The Kier molecular flexibility index (Phi) is 11.2. The molecule has 6 atom stereocenters. The Labute approximate surface area is 191 Å². The number of hydrogen-bond acceptors (Lipinski definition) is 11. The maximum absolute atomic E-state index is 12.1. The van der Waals surface area contributed by atoms with Gasteiger partial charge in [0, 0.05) is 13.5 Å². The van der Waals surface area contributed by atoms with E-state index in [0.717, 1.165) is 7.11 Å². The van der Waals surface area contributed by atoms with Gasteiger partial charge in [0.25, 0.3) is 0 Å². The lowest BCUT2D eigenvalue weighted by Crippen LogP contribution is -2.67. The van der Waals surface area contributed by atoms with Crippen molar-refractivity contribution in [3.63, 3.8) is 0 Å². The normalized spacial score (nSPS) is 29.1. The van der Waals surface area contributed by atoms with Crippen molar-refractivity contribution in [3.05, 3.63) is 0 Å². The van der Waals surface area contributed by atoms with Crippen molar-refractivity contribution in [2.24, 2.45) is 0 Å². The van der Waals surface area contributed by atoms with Crippen LogP contribution in [0.1, 0.15) is 19.8 Å². The van der Waals surface area contributed by atoms with Crippen molar-refractivity contribution in [3.8, 4) is 0 Å². The molecule has 0 bridgehead atoms. The summed E-state index contributed by atoms with van der Waals surface area (Å²) in [6.07, 6.45) is -14.5. The minimum Gasteiger partial charge on any atom is -0.457 e. The van der Waals surface area contributed by atoms with Gasteiger partial charge in [-0.25, -0.2) is 18.3 Å². The summed E-state index contributed by atoms with van der Waals surface area (Å²) >= 11 is 0. The molecule has 0 aromatic carbocycles. The van der Waals surface area contributed by atoms with E-state index in [0.29, 0.717) is 0 Å². The number of phosphoric acid groups is 4. The molecule has 0 aliphatic heterocycles. The maximum atomic E-state index is 12.1. The molecular weight excluding hydrogens is 560 g/mol. The summed E-state index contributed by atoms with van der Waals surface area (Å²) in [5.74, 6) is -1.09. The monoisotopic (exact) mass is 584 g/mol. The highest BCUT2D eigenvalue weighted by atomic mass is 31.2. The van der Waals surface area contributed by atoms with Crippen LogP contribution in [-0.4, -0.2) is 88.9 Å². The van der Waals surface area contributed by atoms with Crippen LogP contribution in [-0.2, 0) is 50.6 Å². The number of esters is 1. The molecule has 19 nitrogen and oxygen atoms in total. The lowest BCUT2D eigenvalue weighted by molar-refractivity contribution is -0.227. The molecule has 0 saturated heterocycles. The van der Waals surface area contributed by atoms with Gasteiger partial charge in [-0.2, -0.15) is 0 Å². The Bertz CT molecular complexity index is 883. The van der Waals surface area contributed by atoms with Gasteiger partial charge in [-0.1, -0.05) is 6.92 Å². The Morgan fingerprint density at radius 2 is 0.912 bits per heavy atom. The predicted octanol–water partition coefficient (Wildman–Crippen LogP) is -1.36. The Morgan fingerprint density at radius 1 is 0.618 bits per heavy atom. The van der Waals surface area contributed by atoms with Gasteiger partial charge in [0.2, 0.25) is 0 Å². The Balaban J connectivity index is 3.81. The van der Waals surface area contributed by atoms with E-state index in [4.69, 9.17) is 9.47 Å². The third-order valence-electron chi connectivity index (χ3n) is 3.97. The lowest BCUT2D eigenvalue weighted by Gasteiger charge is -2.48. The van der Waals surface area contributed by atoms with E-state index in [-0.39, 0.29) is 12.8 Å². The first-order valence-corrected chi connectivity index (χ1v) is 15.0. The Hall–Kier alpha value is -0.130. The van der Waals surface area contributed by atoms with Crippen molar-refractivity contribution in [2.45, 2.75) is 56.4 Å². The molecule has 1 fully saturated rings. The Morgan fingerprint density at radius 3 is 1.18 bits per heavy atom.